The summed E-state index contributed by atoms with van der Waals surface area (Å²) in [4.78, 5) is 96.1. The van der Waals surface area contributed by atoms with E-state index in [1.54, 1.807) is 31.2 Å². The number of imide groups is 1. The number of H-pyrrole nitrogens is 1. The molecule has 384 valence electrons. The van der Waals surface area contributed by atoms with E-state index in [0.717, 1.165) is 39.1 Å². The molecule has 0 saturated carbocycles. The predicted molar refractivity (Wildman–Crippen MR) is 264 cm³/mol. The molecule has 5 amide bonds. The number of carbonyl (C=O) groups is 7. The van der Waals surface area contributed by atoms with Crippen molar-refractivity contribution in [2.75, 3.05) is 122 Å². The van der Waals surface area contributed by atoms with Gasteiger partial charge in [-0.25, -0.2) is 4.39 Å². The Bertz CT molecular complexity index is 2430. The third kappa shape index (κ3) is 15.4. The Labute approximate surface area is 413 Å². The van der Waals surface area contributed by atoms with Gasteiger partial charge in [0, 0.05) is 98.0 Å². The van der Waals surface area contributed by atoms with Gasteiger partial charge < -0.3 is 50.1 Å². The third-order valence-electron chi connectivity index (χ3n) is 12.8. The number of rotatable bonds is 28. The van der Waals surface area contributed by atoms with Crippen LogP contribution in [0.2, 0.25) is 0 Å². The number of nitrogens with zero attached hydrogens (tertiary/aromatic N) is 2. The van der Waals surface area contributed by atoms with Crippen molar-refractivity contribution in [1.29, 1.82) is 0 Å². The van der Waals surface area contributed by atoms with Gasteiger partial charge in [-0.05, 0) is 76.1 Å². The Kier molecular flexibility index (Phi) is 20.5. The summed E-state index contributed by atoms with van der Waals surface area (Å²) in [5.41, 5.74) is 4.86. The van der Waals surface area contributed by atoms with Gasteiger partial charge in [-0.1, -0.05) is 19.1 Å². The highest BCUT2D eigenvalue weighted by atomic mass is 19.1. The molecule has 71 heavy (non-hydrogen) atoms. The molecule has 3 aliphatic heterocycles. The van der Waals surface area contributed by atoms with Gasteiger partial charge >= 0.3 is 0 Å². The summed E-state index contributed by atoms with van der Waals surface area (Å²) in [6.45, 7) is 15.1. The van der Waals surface area contributed by atoms with Crippen LogP contribution in [-0.4, -0.2) is 168 Å². The number of hydrogen-bond acceptors (Lipinski definition) is 14. The lowest BCUT2D eigenvalue weighted by Crippen LogP contribution is -2.50. The Morgan fingerprint density at radius 1 is 0.817 bits per heavy atom. The fourth-order valence-corrected chi connectivity index (χ4v) is 8.87. The molecule has 3 aromatic rings. The number of piperidine rings is 1. The van der Waals surface area contributed by atoms with Gasteiger partial charge in [-0.3, -0.25) is 43.8 Å². The van der Waals surface area contributed by atoms with E-state index in [2.05, 4.69) is 41.4 Å². The van der Waals surface area contributed by atoms with Crippen molar-refractivity contribution in [3.8, 4) is 0 Å². The molecule has 6 N–H and O–H groups in total. The number of benzene rings is 2. The quantitative estimate of drug-likeness (QED) is 0.0265. The summed E-state index contributed by atoms with van der Waals surface area (Å²) in [6, 6.07) is 9.14. The van der Waals surface area contributed by atoms with Crippen LogP contribution in [0.1, 0.15) is 86.7 Å². The largest absolute Gasteiger partial charge is 0.382 e. The van der Waals surface area contributed by atoms with Gasteiger partial charge in [-0.15, -0.1) is 0 Å². The molecule has 6 rings (SSSR count). The first-order valence-electron chi connectivity index (χ1n) is 24.3. The number of carbonyl (C=O) groups excluding carboxylic acids is 7. The van der Waals surface area contributed by atoms with Gasteiger partial charge in [0.25, 0.3) is 11.8 Å². The van der Waals surface area contributed by atoms with Gasteiger partial charge in [-0.2, -0.15) is 0 Å². The minimum Gasteiger partial charge on any atom is -0.382 e. The van der Waals surface area contributed by atoms with Gasteiger partial charge in [0.05, 0.1) is 76.1 Å². The fraction of sp³-hybridized carbons (Fsp3) is 0.510. The molecule has 3 aliphatic rings. The zero-order chi connectivity index (χ0) is 50.9. The number of halogens is 1. The molecule has 4 heterocycles. The molecule has 2 saturated heterocycles. The van der Waals surface area contributed by atoms with E-state index in [-0.39, 0.29) is 59.2 Å². The average molecular weight is 987 g/mol. The molecule has 20 heteroatoms. The molecule has 19 nitrogen and oxygen atoms in total. The highest BCUT2D eigenvalue weighted by Gasteiger charge is 2.37. The first-order chi connectivity index (χ1) is 34.2. The number of ketones is 2. The van der Waals surface area contributed by atoms with Crippen LogP contribution < -0.4 is 26.6 Å². The number of nitrogens with one attached hydrogen (secondary N) is 6. The number of fused-ring (bicyclic) bond motifs is 1. The summed E-state index contributed by atoms with van der Waals surface area (Å²) in [7, 11) is 0. The summed E-state index contributed by atoms with van der Waals surface area (Å²) < 4.78 is 36.3. The van der Waals surface area contributed by atoms with Crippen molar-refractivity contribution < 1.29 is 56.9 Å². The van der Waals surface area contributed by atoms with Crippen LogP contribution in [0.15, 0.2) is 36.4 Å². The summed E-state index contributed by atoms with van der Waals surface area (Å²) in [5, 5.41) is 14.2. The van der Waals surface area contributed by atoms with Crippen LogP contribution >= 0.6 is 0 Å². The zero-order valence-corrected chi connectivity index (χ0v) is 41.1. The third-order valence-corrected chi connectivity index (χ3v) is 12.8. The van der Waals surface area contributed by atoms with E-state index in [0.29, 0.717) is 124 Å². The van der Waals surface area contributed by atoms with Crippen molar-refractivity contribution in [2.24, 2.45) is 11.8 Å². The second-order valence-corrected chi connectivity index (χ2v) is 17.8. The van der Waals surface area contributed by atoms with Crippen molar-refractivity contribution >= 4 is 64.1 Å². The standard InChI is InChI=1S/C51H67FN8O11/c1-32(37-10-12-44(62)58-49(37)65)48(64)47-38(35(4)61)7-5-8-42(47)53-14-21-68-23-25-70-27-28-71-26-24-69-22-15-54-45(63)31-60-19-17-59(18-20-60)16-6-13-55-51(67)46-33(2)43(56-34(46)3)30-40-39-29-36(52)9-11-41(39)57-50(40)66/h5,7-9,11,29-30,32,37,53,56H,6,10,12-28,31H2,1-4H3,(H,54,63)(H,55,67)(H,57,66)(H,58,62,65)/b40-30-/t32-,37?/m0/s1. The highest BCUT2D eigenvalue weighted by Crippen LogP contribution is 2.35. The molecule has 1 unspecified atom stereocenters. The van der Waals surface area contributed by atoms with Crippen LogP contribution in [0, 0.1) is 31.5 Å². The van der Waals surface area contributed by atoms with E-state index in [1.807, 2.05) is 13.8 Å². The molecule has 2 aromatic carbocycles. The van der Waals surface area contributed by atoms with Crippen LogP contribution in [-0.2, 0) is 38.1 Å². The SMILES string of the molecule is CC(=O)c1cccc(NCCOCCOCCOCCOCCNC(=O)CN2CCN(CCCNC(=O)c3c(C)[nH]c(/C=C4\C(=O)Nc5ccc(F)cc54)c3C)CC2)c1C(=O)[C@@H](C)C1CCC(=O)NC1=O. The lowest BCUT2D eigenvalue weighted by Gasteiger charge is -2.34. The molecule has 0 bridgehead atoms. The van der Waals surface area contributed by atoms with Crippen LogP contribution in [0.25, 0.3) is 11.6 Å². The minimum absolute atomic E-state index is 0.0582. The molecule has 1 aromatic heterocycles. The number of amides is 5. The first kappa shape index (κ1) is 54.2. The number of piperazine rings is 1. The van der Waals surface area contributed by atoms with Crippen molar-refractivity contribution in [1.82, 2.24) is 30.7 Å². The molecule has 0 radical (unpaired) electrons. The monoisotopic (exact) mass is 986 g/mol. The number of aromatic amines is 1. The van der Waals surface area contributed by atoms with E-state index >= 15 is 0 Å². The van der Waals surface area contributed by atoms with Gasteiger partial charge in [0.2, 0.25) is 17.7 Å². The molecular formula is C51H67FN8O11. The second kappa shape index (κ2) is 26.9. The number of aromatic nitrogens is 1. The van der Waals surface area contributed by atoms with Crippen molar-refractivity contribution in [2.45, 2.75) is 47.0 Å². The lowest BCUT2D eigenvalue weighted by atomic mass is 9.80. The zero-order valence-electron chi connectivity index (χ0n) is 41.1. The maximum atomic E-state index is 13.9. The summed E-state index contributed by atoms with van der Waals surface area (Å²) in [5.74, 6) is -3.85. The van der Waals surface area contributed by atoms with Gasteiger partial charge in [0.15, 0.2) is 11.6 Å². The molecular weight excluding hydrogens is 920 g/mol. The molecule has 2 fully saturated rings. The number of Topliss-reactive ketones (excluding diaryl/α,β-unsaturated/α-hetero) is 2. The molecule has 0 spiro atoms. The Hall–Kier alpha value is -6.16. The summed E-state index contributed by atoms with van der Waals surface area (Å²) in [6.07, 6.45) is 2.86. The second-order valence-electron chi connectivity index (χ2n) is 17.8. The Morgan fingerprint density at radius 3 is 2.15 bits per heavy atom. The predicted octanol–water partition coefficient (Wildman–Crippen LogP) is 3.37. The Balaban J connectivity index is 0.736. The number of ether oxygens (including phenoxy) is 4. The van der Waals surface area contributed by atoms with Gasteiger partial charge in [0.1, 0.15) is 5.82 Å². The maximum absolute atomic E-state index is 13.9. The van der Waals surface area contributed by atoms with E-state index < -0.39 is 23.6 Å². The maximum Gasteiger partial charge on any atom is 0.256 e. The minimum atomic E-state index is -0.725. The van der Waals surface area contributed by atoms with Crippen LogP contribution in [0.3, 0.4) is 0 Å². The molecule has 0 aliphatic carbocycles. The number of anilines is 2. The van der Waals surface area contributed by atoms with Crippen LogP contribution in [0.4, 0.5) is 15.8 Å². The fourth-order valence-electron chi connectivity index (χ4n) is 8.87. The van der Waals surface area contributed by atoms with E-state index in [4.69, 9.17) is 18.9 Å². The summed E-state index contributed by atoms with van der Waals surface area (Å²) >= 11 is 0. The Morgan fingerprint density at radius 2 is 1.48 bits per heavy atom. The van der Waals surface area contributed by atoms with Crippen molar-refractivity contribution in [3.05, 3.63) is 81.4 Å². The topological polar surface area (TPSA) is 239 Å². The highest BCUT2D eigenvalue weighted by molar-refractivity contribution is 6.35. The smallest absolute Gasteiger partial charge is 0.256 e. The van der Waals surface area contributed by atoms with E-state index in [9.17, 15) is 38.0 Å². The average Bonchev–Trinajstić information content (AvgIpc) is 3.81. The number of aryl methyl sites for hydroxylation is 1. The van der Waals surface area contributed by atoms with Crippen molar-refractivity contribution in [3.63, 3.8) is 0 Å². The molecule has 2 atom stereocenters. The first-order valence-corrected chi connectivity index (χ1v) is 24.3. The number of hydrogen-bond donors (Lipinski definition) is 6. The van der Waals surface area contributed by atoms with E-state index in [1.165, 1.54) is 25.1 Å². The normalized spacial score (nSPS) is 17.2. The lowest BCUT2D eigenvalue weighted by molar-refractivity contribution is -0.137. The van der Waals surface area contributed by atoms with Crippen LogP contribution in [0.5, 0.6) is 0 Å².